The van der Waals surface area contributed by atoms with Crippen LogP contribution in [-0.4, -0.2) is 5.25 Å². The van der Waals surface area contributed by atoms with Crippen LogP contribution in [0, 0.1) is 17.8 Å². The first-order chi connectivity index (χ1) is 5.11. The second-order valence-corrected chi connectivity index (χ2v) is 5.06. The second kappa shape index (κ2) is 3.84. The third kappa shape index (κ3) is 2.40. The van der Waals surface area contributed by atoms with E-state index in [4.69, 9.17) is 0 Å². The van der Waals surface area contributed by atoms with Crippen molar-refractivity contribution in [2.24, 2.45) is 17.8 Å². The van der Waals surface area contributed by atoms with Gasteiger partial charge in [-0.1, -0.05) is 27.2 Å². The minimum Gasteiger partial charge on any atom is -0.176 e. The Morgan fingerprint density at radius 1 is 1.27 bits per heavy atom. The quantitative estimate of drug-likeness (QED) is 0.576. The highest BCUT2D eigenvalue weighted by molar-refractivity contribution is 7.81. The summed E-state index contributed by atoms with van der Waals surface area (Å²) in [4.78, 5) is 0. The van der Waals surface area contributed by atoms with Gasteiger partial charge in [-0.05, 0) is 30.6 Å². The highest BCUT2D eigenvalue weighted by Gasteiger charge is 2.27. The van der Waals surface area contributed by atoms with Gasteiger partial charge in [-0.3, -0.25) is 0 Å². The van der Waals surface area contributed by atoms with Gasteiger partial charge >= 0.3 is 0 Å². The lowest BCUT2D eigenvalue weighted by atomic mass is 9.77. The molecule has 1 heteroatoms. The van der Waals surface area contributed by atoms with Gasteiger partial charge in [0, 0.05) is 5.25 Å². The van der Waals surface area contributed by atoms with Gasteiger partial charge in [-0.15, -0.1) is 0 Å². The molecule has 0 aromatic rings. The topological polar surface area (TPSA) is 0 Å². The van der Waals surface area contributed by atoms with Gasteiger partial charge in [0.2, 0.25) is 0 Å². The predicted octanol–water partition coefficient (Wildman–Crippen LogP) is 3.38. The largest absolute Gasteiger partial charge is 0.176 e. The maximum atomic E-state index is 4.65. The van der Waals surface area contributed by atoms with Crippen molar-refractivity contribution in [3.8, 4) is 0 Å². The zero-order valence-electron chi connectivity index (χ0n) is 7.88. The zero-order chi connectivity index (χ0) is 8.43. The first-order valence-electron chi connectivity index (χ1n) is 4.79. The first kappa shape index (κ1) is 9.44. The molecule has 0 saturated heterocycles. The van der Waals surface area contributed by atoms with Crippen molar-refractivity contribution in [1.82, 2.24) is 0 Å². The third-order valence-corrected chi connectivity index (χ3v) is 3.58. The Kier molecular flexibility index (Phi) is 3.29. The van der Waals surface area contributed by atoms with E-state index in [0.717, 1.165) is 17.8 Å². The van der Waals surface area contributed by atoms with Crippen molar-refractivity contribution in [1.29, 1.82) is 0 Å². The van der Waals surface area contributed by atoms with E-state index in [-0.39, 0.29) is 0 Å². The molecule has 66 valence electrons. The Hall–Kier alpha value is 0.350. The summed E-state index contributed by atoms with van der Waals surface area (Å²) in [5, 5.41) is 0.666. The van der Waals surface area contributed by atoms with Gasteiger partial charge in [0.25, 0.3) is 0 Å². The summed E-state index contributed by atoms with van der Waals surface area (Å²) < 4.78 is 0. The average Bonchev–Trinajstić information content (AvgIpc) is 1.85. The molecule has 0 aliphatic heterocycles. The number of rotatable bonds is 1. The van der Waals surface area contributed by atoms with E-state index in [2.05, 4.69) is 33.4 Å². The molecule has 0 bridgehead atoms. The lowest BCUT2D eigenvalue weighted by Gasteiger charge is -2.34. The molecule has 3 atom stereocenters. The summed E-state index contributed by atoms with van der Waals surface area (Å²) in [6.45, 7) is 6.99. The van der Waals surface area contributed by atoms with Crippen LogP contribution in [0.3, 0.4) is 0 Å². The molecule has 0 amide bonds. The molecular formula is C10H20S. The Labute approximate surface area is 76.2 Å². The Morgan fingerprint density at radius 2 is 1.91 bits per heavy atom. The number of hydrogen-bond acceptors (Lipinski definition) is 1. The fourth-order valence-electron chi connectivity index (χ4n) is 2.15. The minimum absolute atomic E-state index is 0.666. The molecule has 11 heavy (non-hydrogen) atoms. The lowest BCUT2D eigenvalue weighted by Crippen LogP contribution is -2.27. The average molecular weight is 172 g/mol. The van der Waals surface area contributed by atoms with Crippen molar-refractivity contribution in [2.75, 3.05) is 0 Å². The Bertz CT molecular complexity index is 120. The zero-order valence-corrected chi connectivity index (χ0v) is 8.77. The molecule has 0 aromatic heterocycles. The monoisotopic (exact) mass is 172 g/mol. The highest BCUT2D eigenvalue weighted by atomic mass is 32.1. The molecule has 0 aromatic carbocycles. The van der Waals surface area contributed by atoms with Crippen LogP contribution in [0.25, 0.3) is 0 Å². The summed E-state index contributed by atoms with van der Waals surface area (Å²) in [5.41, 5.74) is 0. The van der Waals surface area contributed by atoms with Crippen molar-refractivity contribution in [2.45, 2.75) is 45.3 Å². The fraction of sp³-hybridized carbons (Fsp3) is 1.00. The highest BCUT2D eigenvalue weighted by Crippen LogP contribution is 2.36. The molecule has 0 heterocycles. The lowest BCUT2D eigenvalue weighted by molar-refractivity contribution is 0.245. The molecule has 0 radical (unpaired) electrons. The smallest absolute Gasteiger partial charge is 0.00500 e. The van der Waals surface area contributed by atoms with E-state index in [1.165, 1.54) is 19.3 Å². The maximum absolute atomic E-state index is 4.65. The van der Waals surface area contributed by atoms with Crippen molar-refractivity contribution in [3.05, 3.63) is 0 Å². The molecular weight excluding hydrogens is 152 g/mol. The summed E-state index contributed by atoms with van der Waals surface area (Å²) >= 11 is 4.65. The molecule has 1 aliphatic rings. The maximum Gasteiger partial charge on any atom is 0.00500 e. The standard InChI is InChI=1S/C10H20S/c1-7(2)9-5-4-8(3)6-10(9)11/h7-11H,4-6H2,1-3H3/t8-,9-,10+/m1/s1. The van der Waals surface area contributed by atoms with E-state index in [0.29, 0.717) is 5.25 Å². The normalized spacial score (nSPS) is 39.5. The molecule has 1 saturated carbocycles. The molecule has 1 aliphatic carbocycles. The summed E-state index contributed by atoms with van der Waals surface area (Å²) in [7, 11) is 0. The van der Waals surface area contributed by atoms with Crippen molar-refractivity contribution in [3.63, 3.8) is 0 Å². The number of thiol groups is 1. The molecule has 0 N–H and O–H groups in total. The van der Waals surface area contributed by atoms with Gasteiger partial charge < -0.3 is 0 Å². The van der Waals surface area contributed by atoms with Crippen LogP contribution in [0.1, 0.15) is 40.0 Å². The SMILES string of the molecule is CC(C)[C@H]1CC[C@@H](C)C[C@@H]1S. The summed E-state index contributed by atoms with van der Waals surface area (Å²) in [5.74, 6) is 2.60. The summed E-state index contributed by atoms with van der Waals surface area (Å²) in [6, 6.07) is 0. The fourth-order valence-corrected chi connectivity index (χ4v) is 3.01. The molecule has 1 fully saturated rings. The Morgan fingerprint density at radius 3 is 2.36 bits per heavy atom. The van der Waals surface area contributed by atoms with Crippen LogP contribution in [0.15, 0.2) is 0 Å². The predicted molar refractivity (Wildman–Crippen MR) is 54.1 cm³/mol. The van der Waals surface area contributed by atoms with Crippen molar-refractivity contribution >= 4 is 12.6 Å². The molecule has 0 nitrogen and oxygen atoms in total. The van der Waals surface area contributed by atoms with E-state index < -0.39 is 0 Å². The van der Waals surface area contributed by atoms with E-state index in [1.807, 2.05) is 0 Å². The number of hydrogen-bond donors (Lipinski definition) is 1. The molecule has 0 spiro atoms. The van der Waals surface area contributed by atoms with Crippen LogP contribution >= 0.6 is 12.6 Å². The van der Waals surface area contributed by atoms with E-state index >= 15 is 0 Å². The van der Waals surface area contributed by atoms with Crippen LogP contribution in [0.4, 0.5) is 0 Å². The van der Waals surface area contributed by atoms with Crippen LogP contribution in [-0.2, 0) is 0 Å². The van der Waals surface area contributed by atoms with E-state index in [1.54, 1.807) is 0 Å². The summed E-state index contributed by atoms with van der Waals surface area (Å²) in [6.07, 6.45) is 4.14. The van der Waals surface area contributed by atoms with Crippen LogP contribution in [0.5, 0.6) is 0 Å². The van der Waals surface area contributed by atoms with Gasteiger partial charge in [0.1, 0.15) is 0 Å². The molecule has 0 unspecified atom stereocenters. The van der Waals surface area contributed by atoms with Crippen LogP contribution < -0.4 is 0 Å². The van der Waals surface area contributed by atoms with Gasteiger partial charge in [0.15, 0.2) is 0 Å². The third-order valence-electron chi connectivity index (χ3n) is 2.99. The van der Waals surface area contributed by atoms with Gasteiger partial charge in [0.05, 0.1) is 0 Å². The molecule has 1 rings (SSSR count). The van der Waals surface area contributed by atoms with Crippen LogP contribution in [0.2, 0.25) is 0 Å². The first-order valence-corrected chi connectivity index (χ1v) is 5.31. The minimum atomic E-state index is 0.666. The van der Waals surface area contributed by atoms with Gasteiger partial charge in [-0.2, -0.15) is 12.6 Å². The van der Waals surface area contributed by atoms with Gasteiger partial charge in [-0.25, -0.2) is 0 Å². The Balaban J connectivity index is 2.44. The van der Waals surface area contributed by atoms with Crippen molar-refractivity contribution < 1.29 is 0 Å². The second-order valence-electron chi connectivity index (χ2n) is 4.39. The van der Waals surface area contributed by atoms with E-state index in [9.17, 15) is 0 Å².